The third kappa shape index (κ3) is 2.70. The Bertz CT molecular complexity index is 573. The molecular weight excluding hydrogens is 264 g/mol. The molecule has 1 fully saturated rings. The van der Waals surface area contributed by atoms with Crippen LogP contribution in [0.1, 0.15) is 17.7 Å². The molecule has 19 heavy (non-hydrogen) atoms. The highest BCUT2D eigenvalue weighted by Crippen LogP contribution is 2.17. The fourth-order valence-corrected chi connectivity index (χ4v) is 2.05. The van der Waals surface area contributed by atoms with Crippen molar-refractivity contribution in [3.05, 3.63) is 23.4 Å². The minimum atomic E-state index is -0.578. The van der Waals surface area contributed by atoms with Crippen LogP contribution in [0.25, 0.3) is 0 Å². The van der Waals surface area contributed by atoms with Crippen LogP contribution in [-0.4, -0.2) is 39.8 Å². The maximum Gasteiger partial charge on any atom is 0.251 e. The molecule has 0 spiro atoms. The number of carbonyl (C=O) groups is 2. The summed E-state index contributed by atoms with van der Waals surface area (Å²) < 4.78 is 0. The number of imide groups is 1. The number of aromatic nitrogens is 1. The van der Waals surface area contributed by atoms with E-state index in [1.165, 1.54) is 7.05 Å². The lowest BCUT2D eigenvalue weighted by Gasteiger charge is -2.13. The summed E-state index contributed by atoms with van der Waals surface area (Å²) in [6.45, 7) is 1.81. The van der Waals surface area contributed by atoms with Crippen molar-refractivity contribution < 1.29 is 9.59 Å². The summed E-state index contributed by atoms with van der Waals surface area (Å²) in [5.74, 6) is 0.0270. The summed E-state index contributed by atoms with van der Waals surface area (Å²) in [7, 11) is 1.47. The molecule has 0 aromatic carbocycles. The molecule has 1 aliphatic rings. The summed E-state index contributed by atoms with van der Waals surface area (Å²) in [4.78, 5) is 28.9. The third-order valence-electron chi connectivity index (χ3n) is 2.94. The van der Waals surface area contributed by atoms with Gasteiger partial charge in [-0.1, -0.05) is 12.2 Å². The number of hydrogen-bond acceptors (Lipinski definition) is 5. The zero-order valence-corrected chi connectivity index (χ0v) is 11.5. The predicted octanol–water partition coefficient (Wildman–Crippen LogP) is 0.193. The van der Waals surface area contributed by atoms with Gasteiger partial charge in [-0.15, -0.1) is 0 Å². The van der Waals surface area contributed by atoms with Crippen LogP contribution in [0, 0.1) is 6.92 Å². The van der Waals surface area contributed by atoms with Gasteiger partial charge >= 0.3 is 0 Å². The molecule has 1 aliphatic heterocycles. The van der Waals surface area contributed by atoms with Crippen LogP contribution < -0.4 is 11.1 Å². The first-order valence-electron chi connectivity index (χ1n) is 5.74. The van der Waals surface area contributed by atoms with Crippen molar-refractivity contribution in [2.24, 2.45) is 5.73 Å². The second-order valence-electron chi connectivity index (χ2n) is 4.44. The van der Waals surface area contributed by atoms with Gasteiger partial charge in [0.25, 0.3) is 5.91 Å². The van der Waals surface area contributed by atoms with Crippen LogP contribution in [0.4, 0.5) is 5.82 Å². The van der Waals surface area contributed by atoms with E-state index in [1.54, 1.807) is 19.1 Å². The van der Waals surface area contributed by atoms with Crippen molar-refractivity contribution in [3.8, 4) is 0 Å². The Kier molecular flexibility index (Phi) is 3.48. The minimum absolute atomic E-state index is 0.132. The van der Waals surface area contributed by atoms with Crippen LogP contribution >= 0.6 is 12.2 Å². The number of likely N-dealkylation sites (N-methyl/N-ethyl adjacent to an activating group) is 1. The first-order valence-corrected chi connectivity index (χ1v) is 6.14. The summed E-state index contributed by atoms with van der Waals surface area (Å²) in [6.07, 6.45) is 0.132. The zero-order chi connectivity index (χ0) is 14.2. The zero-order valence-electron chi connectivity index (χ0n) is 10.6. The fourth-order valence-electron chi connectivity index (χ4n) is 1.93. The second-order valence-corrected chi connectivity index (χ2v) is 4.88. The van der Waals surface area contributed by atoms with Crippen LogP contribution in [0.15, 0.2) is 12.1 Å². The number of hydrogen-bond donors (Lipinski definition) is 2. The highest BCUT2D eigenvalue weighted by molar-refractivity contribution is 7.80. The Balaban J connectivity index is 2.22. The van der Waals surface area contributed by atoms with E-state index in [-0.39, 0.29) is 23.2 Å². The Morgan fingerprint density at radius 3 is 2.74 bits per heavy atom. The van der Waals surface area contributed by atoms with Gasteiger partial charge in [-0.3, -0.25) is 14.5 Å². The molecule has 100 valence electrons. The van der Waals surface area contributed by atoms with E-state index in [4.69, 9.17) is 18.0 Å². The van der Waals surface area contributed by atoms with Gasteiger partial charge in [-0.2, -0.15) is 0 Å². The quantitative estimate of drug-likeness (QED) is 0.606. The van der Waals surface area contributed by atoms with E-state index >= 15 is 0 Å². The normalized spacial score (nSPS) is 18.8. The number of nitrogens with zero attached hydrogens (tertiary/aromatic N) is 2. The van der Waals surface area contributed by atoms with Gasteiger partial charge in [0.1, 0.15) is 16.8 Å². The van der Waals surface area contributed by atoms with Crippen molar-refractivity contribution >= 4 is 34.8 Å². The van der Waals surface area contributed by atoms with Crippen molar-refractivity contribution in [1.82, 2.24) is 9.88 Å². The van der Waals surface area contributed by atoms with Crippen molar-refractivity contribution in [2.75, 3.05) is 12.4 Å². The molecule has 1 unspecified atom stereocenters. The highest BCUT2D eigenvalue weighted by Gasteiger charge is 2.36. The number of thiocarbonyl (C=S) groups is 1. The van der Waals surface area contributed by atoms with Crippen molar-refractivity contribution in [3.63, 3.8) is 0 Å². The largest absolute Gasteiger partial charge is 0.389 e. The summed E-state index contributed by atoms with van der Waals surface area (Å²) in [5, 5.41) is 2.95. The topological polar surface area (TPSA) is 88.3 Å². The molecule has 0 bridgehead atoms. The average Bonchev–Trinajstić information content (AvgIpc) is 2.56. The van der Waals surface area contributed by atoms with Gasteiger partial charge < -0.3 is 11.1 Å². The molecule has 7 heteroatoms. The highest BCUT2D eigenvalue weighted by atomic mass is 32.1. The number of aryl methyl sites for hydroxylation is 1. The molecule has 1 saturated heterocycles. The maximum atomic E-state index is 11.8. The number of rotatable bonds is 3. The van der Waals surface area contributed by atoms with Gasteiger partial charge in [0, 0.05) is 18.3 Å². The van der Waals surface area contributed by atoms with Crippen LogP contribution in [-0.2, 0) is 9.59 Å². The van der Waals surface area contributed by atoms with Crippen molar-refractivity contribution in [2.45, 2.75) is 19.4 Å². The number of nitrogens with one attached hydrogen (secondary N) is 1. The number of carbonyl (C=O) groups excluding carboxylic acids is 2. The number of amides is 2. The van der Waals surface area contributed by atoms with E-state index < -0.39 is 6.04 Å². The van der Waals surface area contributed by atoms with Gasteiger partial charge in [0.2, 0.25) is 5.91 Å². The summed E-state index contributed by atoms with van der Waals surface area (Å²) in [6, 6.07) is 2.86. The molecular formula is C12H14N4O2S. The number of anilines is 1. The average molecular weight is 278 g/mol. The molecule has 2 amide bonds. The predicted molar refractivity (Wildman–Crippen MR) is 74.7 cm³/mol. The first kappa shape index (κ1) is 13.4. The molecule has 0 saturated carbocycles. The van der Waals surface area contributed by atoms with E-state index in [1.807, 2.05) is 0 Å². The minimum Gasteiger partial charge on any atom is -0.389 e. The van der Waals surface area contributed by atoms with Crippen LogP contribution in [0.2, 0.25) is 0 Å². The van der Waals surface area contributed by atoms with Gasteiger partial charge in [0.15, 0.2) is 0 Å². The monoisotopic (exact) mass is 278 g/mol. The van der Waals surface area contributed by atoms with E-state index in [9.17, 15) is 9.59 Å². The lowest BCUT2D eigenvalue weighted by Crippen LogP contribution is -2.32. The second kappa shape index (κ2) is 4.93. The number of likely N-dealkylation sites (tertiary alicyclic amines) is 1. The molecule has 1 aromatic rings. The van der Waals surface area contributed by atoms with Crippen LogP contribution in [0.3, 0.4) is 0 Å². The number of pyridine rings is 1. The maximum absolute atomic E-state index is 11.8. The molecule has 2 rings (SSSR count). The molecule has 1 aromatic heterocycles. The summed E-state index contributed by atoms with van der Waals surface area (Å²) in [5.41, 5.74) is 6.99. The Morgan fingerprint density at radius 2 is 2.21 bits per heavy atom. The van der Waals surface area contributed by atoms with Gasteiger partial charge in [-0.25, -0.2) is 4.98 Å². The van der Waals surface area contributed by atoms with Gasteiger partial charge in [-0.05, 0) is 19.1 Å². The van der Waals surface area contributed by atoms with E-state index in [0.717, 1.165) is 10.6 Å². The first-order chi connectivity index (χ1) is 8.88. The van der Waals surface area contributed by atoms with Crippen molar-refractivity contribution in [1.29, 1.82) is 0 Å². The number of nitrogens with two attached hydrogens (primary N) is 1. The van der Waals surface area contributed by atoms with E-state index in [0.29, 0.717) is 11.4 Å². The summed E-state index contributed by atoms with van der Waals surface area (Å²) >= 11 is 4.92. The third-order valence-corrected chi connectivity index (χ3v) is 3.18. The Hall–Kier alpha value is -2.02. The Labute approximate surface area is 116 Å². The molecule has 0 radical (unpaired) electrons. The fraction of sp³-hybridized carbons (Fsp3) is 0.333. The molecule has 3 N–H and O–H groups in total. The SMILES string of the molecule is Cc1cc(C(N)=S)cc(NC2CC(=O)N(C)C2=O)n1. The van der Waals surface area contributed by atoms with Crippen LogP contribution in [0.5, 0.6) is 0 Å². The molecule has 2 heterocycles. The van der Waals surface area contributed by atoms with Gasteiger partial charge in [0.05, 0.1) is 6.42 Å². The lowest BCUT2D eigenvalue weighted by molar-refractivity contribution is -0.136. The van der Waals surface area contributed by atoms with E-state index in [2.05, 4.69) is 10.3 Å². The molecule has 0 aliphatic carbocycles. The molecule has 1 atom stereocenters. The Morgan fingerprint density at radius 1 is 1.53 bits per heavy atom. The smallest absolute Gasteiger partial charge is 0.251 e. The standard InChI is InChI=1S/C12H14N4O2S/c1-6-3-7(11(13)19)4-9(14-6)15-8-5-10(17)16(2)12(8)18/h3-4,8H,5H2,1-2H3,(H2,13,19)(H,14,15). The lowest BCUT2D eigenvalue weighted by atomic mass is 10.2. The molecule has 6 nitrogen and oxygen atoms in total.